The molecule has 2 atom stereocenters. The van der Waals surface area contributed by atoms with Crippen LogP contribution in [0.5, 0.6) is 0 Å². The second-order valence-electron chi connectivity index (χ2n) is 11.0. The topological polar surface area (TPSA) is 114 Å². The number of ether oxygens (including phenoxy) is 2. The van der Waals surface area contributed by atoms with E-state index in [0.29, 0.717) is 17.8 Å². The molecule has 9 nitrogen and oxygen atoms in total. The second-order valence-corrected chi connectivity index (χ2v) is 11.0. The van der Waals surface area contributed by atoms with Crippen molar-refractivity contribution < 1.29 is 28.2 Å². The Morgan fingerprint density at radius 2 is 1.77 bits per heavy atom. The summed E-state index contributed by atoms with van der Waals surface area (Å²) in [6.07, 6.45) is 0.320. The first-order chi connectivity index (χ1) is 19.0. The third-order valence-electron chi connectivity index (χ3n) is 7.40. The Bertz CT molecular complexity index is 1280. The van der Waals surface area contributed by atoms with E-state index in [2.05, 4.69) is 5.32 Å². The van der Waals surface area contributed by atoms with Gasteiger partial charge in [0, 0.05) is 19.5 Å². The van der Waals surface area contributed by atoms with Crippen LogP contribution in [0.3, 0.4) is 0 Å². The lowest BCUT2D eigenvalue weighted by Crippen LogP contribution is -2.66. The second kappa shape index (κ2) is 11.8. The van der Waals surface area contributed by atoms with E-state index in [1.165, 1.54) is 19.2 Å². The van der Waals surface area contributed by atoms with Crippen LogP contribution in [-0.4, -0.2) is 78.0 Å². The summed E-state index contributed by atoms with van der Waals surface area (Å²) in [5, 5.41) is 2.77. The monoisotopic (exact) mass is 552 g/mol. The van der Waals surface area contributed by atoms with Crippen LogP contribution in [0.15, 0.2) is 65.9 Å². The van der Waals surface area contributed by atoms with Crippen molar-refractivity contribution in [1.29, 1.82) is 0 Å². The maximum atomic E-state index is 14.0. The Labute approximate surface area is 234 Å². The minimum absolute atomic E-state index is 0.0638. The van der Waals surface area contributed by atoms with Crippen molar-refractivity contribution in [3.63, 3.8) is 0 Å². The SMILES string of the molecule is COC1=C(C)C(=O)N2CCN(C(=O)[C@@H](COCc3ccccc3)NC(=O)C(C)(C)N)CC12Cc1ccc(F)cc1. The molecule has 2 aliphatic rings. The van der Waals surface area contributed by atoms with E-state index in [9.17, 15) is 18.8 Å². The van der Waals surface area contributed by atoms with Gasteiger partial charge < -0.3 is 30.3 Å². The normalized spacial score (nSPS) is 19.9. The molecule has 2 heterocycles. The van der Waals surface area contributed by atoms with Gasteiger partial charge in [0.1, 0.15) is 23.2 Å². The number of piperazine rings is 1. The van der Waals surface area contributed by atoms with Crippen molar-refractivity contribution in [1.82, 2.24) is 15.1 Å². The zero-order chi connectivity index (χ0) is 29.1. The maximum Gasteiger partial charge on any atom is 0.253 e. The van der Waals surface area contributed by atoms with Gasteiger partial charge in [-0.15, -0.1) is 0 Å². The molecule has 2 aromatic rings. The molecule has 0 spiro atoms. The lowest BCUT2D eigenvalue weighted by Gasteiger charge is -2.48. The summed E-state index contributed by atoms with van der Waals surface area (Å²) in [6, 6.07) is 14.6. The summed E-state index contributed by atoms with van der Waals surface area (Å²) in [5.74, 6) is -0.888. The zero-order valence-corrected chi connectivity index (χ0v) is 23.4. The molecule has 4 rings (SSSR count). The van der Waals surface area contributed by atoms with Crippen molar-refractivity contribution in [2.24, 2.45) is 5.73 Å². The zero-order valence-electron chi connectivity index (χ0n) is 23.4. The summed E-state index contributed by atoms with van der Waals surface area (Å²) in [5.41, 5.74) is 6.02. The smallest absolute Gasteiger partial charge is 0.253 e. The number of nitrogens with zero attached hydrogens (tertiary/aromatic N) is 2. The summed E-state index contributed by atoms with van der Waals surface area (Å²) >= 11 is 0. The van der Waals surface area contributed by atoms with E-state index in [1.807, 2.05) is 30.3 Å². The van der Waals surface area contributed by atoms with Crippen LogP contribution in [0.4, 0.5) is 4.39 Å². The number of nitrogens with two attached hydrogens (primary N) is 1. The van der Waals surface area contributed by atoms with Gasteiger partial charge in [0.05, 0.1) is 38.0 Å². The van der Waals surface area contributed by atoms with Gasteiger partial charge in [-0.1, -0.05) is 42.5 Å². The van der Waals surface area contributed by atoms with E-state index in [-0.39, 0.29) is 50.5 Å². The quantitative estimate of drug-likeness (QED) is 0.467. The molecule has 1 unspecified atom stereocenters. The number of methoxy groups -OCH3 is 1. The Morgan fingerprint density at radius 3 is 2.40 bits per heavy atom. The molecule has 3 amide bonds. The molecule has 10 heteroatoms. The third kappa shape index (κ3) is 6.03. The average Bonchev–Trinajstić information content (AvgIpc) is 3.13. The average molecular weight is 553 g/mol. The molecule has 2 aliphatic heterocycles. The van der Waals surface area contributed by atoms with Gasteiger partial charge in [-0.25, -0.2) is 4.39 Å². The highest BCUT2D eigenvalue weighted by Gasteiger charge is 2.55. The van der Waals surface area contributed by atoms with Gasteiger partial charge >= 0.3 is 0 Å². The van der Waals surface area contributed by atoms with Gasteiger partial charge in [-0.2, -0.15) is 0 Å². The highest BCUT2D eigenvalue weighted by Crippen LogP contribution is 2.41. The summed E-state index contributed by atoms with van der Waals surface area (Å²) in [7, 11) is 1.51. The molecule has 1 saturated heterocycles. The summed E-state index contributed by atoms with van der Waals surface area (Å²) < 4.78 is 25.3. The molecule has 0 aliphatic carbocycles. The molecule has 0 aromatic heterocycles. The van der Waals surface area contributed by atoms with Gasteiger partial charge in [-0.3, -0.25) is 14.4 Å². The number of nitrogens with one attached hydrogen (secondary N) is 1. The van der Waals surface area contributed by atoms with E-state index in [0.717, 1.165) is 11.1 Å². The number of rotatable bonds is 10. The maximum absolute atomic E-state index is 14.0. The molecule has 40 heavy (non-hydrogen) atoms. The van der Waals surface area contributed by atoms with Crippen molar-refractivity contribution in [2.45, 2.75) is 50.9 Å². The van der Waals surface area contributed by atoms with Crippen LogP contribution in [0.2, 0.25) is 0 Å². The predicted molar refractivity (Wildman–Crippen MR) is 147 cm³/mol. The number of fused-ring (bicyclic) bond motifs is 1. The van der Waals surface area contributed by atoms with Crippen molar-refractivity contribution in [3.05, 3.63) is 82.9 Å². The highest BCUT2D eigenvalue weighted by molar-refractivity contribution is 5.98. The molecule has 3 N–H and O–H groups in total. The van der Waals surface area contributed by atoms with Crippen LogP contribution in [0, 0.1) is 5.82 Å². The molecule has 0 bridgehead atoms. The van der Waals surface area contributed by atoms with Gasteiger partial charge in [-0.05, 0) is 44.0 Å². The van der Waals surface area contributed by atoms with Crippen molar-refractivity contribution >= 4 is 17.7 Å². The minimum atomic E-state index is -1.21. The van der Waals surface area contributed by atoms with Gasteiger partial charge in [0.15, 0.2) is 0 Å². The Kier molecular flexibility index (Phi) is 8.60. The first-order valence-electron chi connectivity index (χ1n) is 13.3. The van der Waals surface area contributed by atoms with Crippen LogP contribution in [-0.2, 0) is 36.9 Å². The lowest BCUT2D eigenvalue weighted by molar-refractivity contribution is -0.147. The Morgan fingerprint density at radius 1 is 1.10 bits per heavy atom. The number of carbonyl (C=O) groups is 3. The van der Waals surface area contributed by atoms with Crippen LogP contribution in [0.1, 0.15) is 31.9 Å². The standard InChI is InChI=1S/C30H37FN4O5/c1-20-25(39-4)30(16-21-10-12-23(31)13-11-21)19-34(14-15-35(30)26(20)36)27(37)24(33-28(38)29(2,3)32)18-40-17-22-8-6-5-7-9-22/h5-13,24H,14-19,32H2,1-4H3,(H,33,38)/t24-,30?/m1/s1. The molecule has 214 valence electrons. The molecule has 0 saturated carbocycles. The number of carbonyl (C=O) groups excluding carboxylic acids is 3. The fourth-order valence-electron chi connectivity index (χ4n) is 5.36. The van der Waals surface area contributed by atoms with E-state index in [4.69, 9.17) is 15.2 Å². The Hall–Kier alpha value is -3.76. The number of halogens is 1. The van der Waals surface area contributed by atoms with E-state index in [1.54, 1.807) is 42.7 Å². The van der Waals surface area contributed by atoms with Crippen molar-refractivity contribution in [2.75, 3.05) is 33.4 Å². The Balaban J connectivity index is 1.60. The van der Waals surface area contributed by atoms with Crippen molar-refractivity contribution in [3.8, 4) is 0 Å². The first-order valence-corrected chi connectivity index (χ1v) is 13.3. The summed E-state index contributed by atoms with van der Waals surface area (Å²) in [6.45, 7) is 5.70. The van der Waals surface area contributed by atoms with E-state index >= 15 is 0 Å². The minimum Gasteiger partial charge on any atom is -0.498 e. The lowest BCUT2D eigenvalue weighted by atomic mass is 9.85. The van der Waals surface area contributed by atoms with Gasteiger partial charge in [0.25, 0.3) is 5.91 Å². The fourth-order valence-corrected chi connectivity index (χ4v) is 5.36. The molecule has 1 fully saturated rings. The van der Waals surface area contributed by atoms with Crippen LogP contribution >= 0.6 is 0 Å². The largest absolute Gasteiger partial charge is 0.498 e. The number of hydrogen-bond acceptors (Lipinski definition) is 6. The molecular weight excluding hydrogens is 515 g/mol. The van der Waals surface area contributed by atoms with Crippen LogP contribution < -0.4 is 11.1 Å². The summed E-state index contributed by atoms with van der Waals surface area (Å²) in [4.78, 5) is 43.4. The number of amides is 3. The van der Waals surface area contributed by atoms with Gasteiger partial charge in [0.2, 0.25) is 11.8 Å². The third-order valence-corrected chi connectivity index (χ3v) is 7.40. The predicted octanol–water partition coefficient (Wildman–Crippen LogP) is 2.15. The molecule has 2 aromatic carbocycles. The number of hydrogen-bond donors (Lipinski definition) is 2. The molecule has 0 radical (unpaired) electrons. The fraction of sp³-hybridized carbons (Fsp3) is 0.433. The van der Waals surface area contributed by atoms with E-state index < -0.39 is 23.0 Å². The molecular formula is C30H37FN4O5. The number of benzene rings is 2. The first kappa shape index (κ1) is 29.2. The van der Waals surface area contributed by atoms with Crippen LogP contribution in [0.25, 0.3) is 0 Å². The highest BCUT2D eigenvalue weighted by atomic mass is 19.1.